The molecule has 3 N–H and O–H groups in total. The fraction of sp³-hybridized carbons (Fsp3) is 0.227. The maximum absolute atomic E-state index is 12.3. The largest absolute Gasteiger partial charge is 0.453 e. The zero-order chi connectivity index (χ0) is 22.5. The lowest BCUT2D eigenvalue weighted by atomic mass is 10.1. The van der Waals surface area contributed by atoms with E-state index in [2.05, 4.69) is 5.32 Å². The van der Waals surface area contributed by atoms with Crippen molar-refractivity contribution in [2.24, 2.45) is 5.73 Å². The summed E-state index contributed by atoms with van der Waals surface area (Å²) in [7, 11) is 0. The molecule has 2 aromatic carbocycles. The number of esters is 1. The van der Waals surface area contributed by atoms with Crippen LogP contribution in [0.4, 0.5) is 5.69 Å². The van der Waals surface area contributed by atoms with Crippen LogP contribution in [0.15, 0.2) is 48.5 Å². The molecule has 0 saturated carbocycles. The molecular weight excluding hydrogens is 402 g/mol. The minimum Gasteiger partial charge on any atom is -0.453 e. The molecule has 0 radical (unpaired) electrons. The van der Waals surface area contributed by atoms with Gasteiger partial charge in [0.05, 0.1) is 11.1 Å². The number of nitrogens with one attached hydrogen (secondary N) is 1. The van der Waals surface area contributed by atoms with Gasteiger partial charge in [-0.1, -0.05) is 12.1 Å². The molecular formula is C22H21N3O6. The van der Waals surface area contributed by atoms with E-state index in [1.807, 2.05) is 0 Å². The first-order chi connectivity index (χ1) is 14.8. The summed E-state index contributed by atoms with van der Waals surface area (Å²) < 4.78 is 5.11. The van der Waals surface area contributed by atoms with Crippen LogP contribution in [0, 0.1) is 0 Å². The van der Waals surface area contributed by atoms with E-state index in [1.165, 1.54) is 31.2 Å². The number of carbonyl (C=O) groups excluding carboxylic acids is 5. The summed E-state index contributed by atoms with van der Waals surface area (Å²) in [6.45, 7) is 1.50. The molecule has 1 aliphatic rings. The van der Waals surface area contributed by atoms with Gasteiger partial charge in [-0.05, 0) is 49.7 Å². The highest BCUT2D eigenvalue weighted by Gasteiger charge is 2.34. The van der Waals surface area contributed by atoms with Gasteiger partial charge >= 0.3 is 5.97 Å². The molecule has 160 valence electrons. The number of amides is 4. The lowest BCUT2D eigenvalue weighted by Crippen LogP contribution is -2.32. The summed E-state index contributed by atoms with van der Waals surface area (Å²) in [6.07, 6.45) is -0.895. The fourth-order valence-electron chi connectivity index (χ4n) is 3.10. The van der Waals surface area contributed by atoms with Gasteiger partial charge in [0.25, 0.3) is 17.7 Å². The minimum atomic E-state index is -1.05. The van der Waals surface area contributed by atoms with Gasteiger partial charge in [0, 0.05) is 24.2 Å². The number of nitrogens with two attached hydrogens (primary N) is 1. The Morgan fingerprint density at radius 1 is 1.00 bits per heavy atom. The summed E-state index contributed by atoms with van der Waals surface area (Å²) in [4.78, 5) is 61.0. The molecule has 0 fully saturated rings. The van der Waals surface area contributed by atoms with E-state index in [1.54, 1.807) is 24.3 Å². The second-order valence-electron chi connectivity index (χ2n) is 6.97. The van der Waals surface area contributed by atoms with Crippen molar-refractivity contribution in [1.29, 1.82) is 0 Å². The number of fused-ring (bicyclic) bond motifs is 1. The summed E-state index contributed by atoms with van der Waals surface area (Å²) in [5, 5.41) is 2.57. The third-order valence-corrected chi connectivity index (χ3v) is 4.76. The van der Waals surface area contributed by atoms with Crippen LogP contribution >= 0.6 is 0 Å². The number of hydrogen-bond donors (Lipinski definition) is 2. The number of imide groups is 1. The van der Waals surface area contributed by atoms with Gasteiger partial charge in [-0.3, -0.25) is 28.9 Å². The number of ether oxygens (including phenoxy) is 1. The number of carbonyl (C=O) groups is 5. The van der Waals surface area contributed by atoms with E-state index >= 15 is 0 Å². The van der Waals surface area contributed by atoms with Crippen LogP contribution in [0.3, 0.4) is 0 Å². The number of rotatable bonds is 8. The second kappa shape index (κ2) is 9.21. The summed E-state index contributed by atoms with van der Waals surface area (Å²) in [5.74, 6) is -2.52. The third-order valence-electron chi connectivity index (χ3n) is 4.76. The Morgan fingerprint density at radius 3 is 2.13 bits per heavy atom. The molecule has 0 saturated heterocycles. The quantitative estimate of drug-likeness (QED) is 0.490. The highest BCUT2D eigenvalue weighted by atomic mass is 16.5. The number of anilines is 1. The highest BCUT2D eigenvalue weighted by molar-refractivity contribution is 6.21. The Labute approximate surface area is 178 Å². The van der Waals surface area contributed by atoms with Gasteiger partial charge < -0.3 is 15.8 Å². The number of primary amides is 1. The van der Waals surface area contributed by atoms with Gasteiger partial charge in [0.2, 0.25) is 5.91 Å². The van der Waals surface area contributed by atoms with Gasteiger partial charge in [-0.15, -0.1) is 0 Å². The van der Waals surface area contributed by atoms with Crippen molar-refractivity contribution >= 4 is 35.3 Å². The topological polar surface area (TPSA) is 136 Å². The smallest absolute Gasteiger partial charge is 0.306 e. The van der Waals surface area contributed by atoms with Crippen LogP contribution in [-0.4, -0.2) is 47.1 Å². The maximum atomic E-state index is 12.3. The molecule has 1 unspecified atom stereocenters. The first-order valence-electron chi connectivity index (χ1n) is 9.63. The van der Waals surface area contributed by atoms with Crippen LogP contribution in [0.5, 0.6) is 0 Å². The van der Waals surface area contributed by atoms with Crippen molar-refractivity contribution < 1.29 is 28.7 Å². The zero-order valence-electron chi connectivity index (χ0n) is 16.8. The molecule has 9 nitrogen and oxygen atoms in total. The summed E-state index contributed by atoms with van der Waals surface area (Å²) in [6, 6.07) is 12.5. The third kappa shape index (κ3) is 4.95. The van der Waals surface area contributed by atoms with E-state index < -0.39 is 23.9 Å². The molecule has 0 bridgehead atoms. The number of benzene rings is 2. The average Bonchev–Trinajstić information content (AvgIpc) is 2.99. The molecule has 0 spiro atoms. The first-order valence-corrected chi connectivity index (χ1v) is 9.63. The van der Waals surface area contributed by atoms with Crippen LogP contribution in [0.2, 0.25) is 0 Å². The van der Waals surface area contributed by atoms with Crippen molar-refractivity contribution in [2.45, 2.75) is 25.9 Å². The molecule has 9 heteroatoms. The predicted octanol–water partition coefficient (Wildman–Crippen LogP) is 1.73. The van der Waals surface area contributed by atoms with E-state index in [4.69, 9.17) is 10.5 Å². The molecule has 1 atom stereocenters. The Kier molecular flexibility index (Phi) is 6.44. The lowest BCUT2D eigenvalue weighted by molar-refractivity contribution is -0.153. The monoisotopic (exact) mass is 423 g/mol. The van der Waals surface area contributed by atoms with Gasteiger partial charge in [-0.25, -0.2) is 0 Å². The van der Waals surface area contributed by atoms with Crippen LogP contribution in [0.25, 0.3) is 0 Å². The van der Waals surface area contributed by atoms with Crippen molar-refractivity contribution in [1.82, 2.24) is 4.90 Å². The van der Waals surface area contributed by atoms with Gasteiger partial charge in [-0.2, -0.15) is 0 Å². The first kappa shape index (κ1) is 21.7. The Hall–Kier alpha value is -4.01. The van der Waals surface area contributed by atoms with Crippen molar-refractivity contribution in [3.8, 4) is 0 Å². The number of nitrogens with zero attached hydrogens (tertiary/aromatic N) is 1. The van der Waals surface area contributed by atoms with Gasteiger partial charge in [0.15, 0.2) is 6.10 Å². The van der Waals surface area contributed by atoms with E-state index in [0.717, 1.165) is 4.90 Å². The molecule has 31 heavy (non-hydrogen) atoms. The standard InChI is InChI=1S/C22H21N3O6/c1-13(20(28)24-15-10-8-14(9-11-15)19(23)27)31-18(26)7-4-12-25-21(29)16-5-2-3-6-17(16)22(25)30/h2-3,5-6,8-11,13H,4,7,12H2,1H3,(H2,23,27)(H,24,28). The molecule has 1 aliphatic heterocycles. The molecule has 1 heterocycles. The molecule has 0 aromatic heterocycles. The summed E-state index contributed by atoms with van der Waals surface area (Å²) in [5.41, 5.74) is 6.58. The van der Waals surface area contributed by atoms with Crippen molar-refractivity contribution in [3.63, 3.8) is 0 Å². The zero-order valence-corrected chi connectivity index (χ0v) is 16.8. The minimum absolute atomic E-state index is 0.0572. The Morgan fingerprint density at radius 2 is 1.58 bits per heavy atom. The molecule has 2 aromatic rings. The second-order valence-corrected chi connectivity index (χ2v) is 6.97. The maximum Gasteiger partial charge on any atom is 0.306 e. The Balaban J connectivity index is 1.44. The normalized spacial score (nSPS) is 13.5. The van der Waals surface area contributed by atoms with E-state index in [-0.39, 0.29) is 31.2 Å². The fourth-order valence-corrected chi connectivity index (χ4v) is 3.10. The van der Waals surface area contributed by atoms with E-state index in [9.17, 15) is 24.0 Å². The summed E-state index contributed by atoms with van der Waals surface area (Å²) >= 11 is 0. The van der Waals surface area contributed by atoms with Crippen LogP contribution in [-0.2, 0) is 14.3 Å². The average molecular weight is 423 g/mol. The SMILES string of the molecule is CC(OC(=O)CCCN1C(=O)c2ccccc2C1=O)C(=O)Nc1ccc(C(N)=O)cc1. The number of hydrogen-bond acceptors (Lipinski definition) is 6. The van der Waals surface area contributed by atoms with Crippen molar-refractivity contribution in [2.75, 3.05) is 11.9 Å². The predicted molar refractivity (Wildman–Crippen MR) is 110 cm³/mol. The Bertz CT molecular complexity index is 1010. The lowest BCUT2D eigenvalue weighted by Gasteiger charge is -2.15. The van der Waals surface area contributed by atoms with Crippen LogP contribution < -0.4 is 11.1 Å². The molecule has 3 rings (SSSR count). The molecule has 0 aliphatic carbocycles. The van der Waals surface area contributed by atoms with Crippen LogP contribution in [0.1, 0.15) is 50.8 Å². The van der Waals surface area contributed by atoms with Crippen molar-refractivity contribution in [3.05, 3.63) is 65.2 Å². The van der Waals surface area contributed by atoms with E-state index in [0.29, 0.717) is 22.4 Å². The highest BCUT2D eigenvalue weighted by Crippen LogP contribution is 2.22. The molecule has 4 amide bonds. The van der Waals surface area contributed by atoms with Gasteiger partial charge in [0.1, 0.15) is 0 Å².